The Morgan fingerprint density at radius 1 is 1.03 bits per heavy atom. The SMILES string of the molecule is O=C(NN=Cc1ccccc1OCC(=O)N1CCCC1)C(=O)Nc1ccccc1F. The first-order valence-electron chi connectivity index (χ1n) is 9.43. The number of para-hydroxylation sites is 2. The molecule has 1 heterocycles. The molecule has 0 aliphatic carbocycles. The van der Waals surface area contributed by atoms with Crippen LogP contribution in [0, 0.1) is 5.82 Å². The van der Waals surface area contributed by atoms with E-state index in [-0.39, 0.29) is 18.2 Å². The number of amides is 3. The maximum atomic E-state index is 13.5. The lowest BCUT2D eigenvalue weighted by Crippen LogP contribution is -2.32. The molecule has 2 N–H and O–H groups in total. The van der Waals surface area contributed by atoms with Crippen LogP contribution in [0.5, 0.6) is 5.75 Å². The average Bonchev–Trinajstić information content (AvgIpc) is 3.29. The van der Waals surface area contributed by atoms with Crippen LogP contribution in [0.4, 0.5) is 10.1 Å². The van der Waals surface area contributed by atoms with Gasteiger partial charge in [0, 0.05) is 18.7 Å². The number of anilines is 1. The molecule has 0 spiro atoms. The van der Waals surface area contributed by atoms with E-state index in [2.05, 4.69) is 15.8 Å². The fraction of sp³-hybridized carbons (Fsp3) is 0.238. The van der Waals surface area contributed by atoms with Gasteiger partial charge < -0.3 is 15.0 Å². The maximum Gasteiger partial charge on any atom is 0.329 e. The lowest BCUT2D eigenvalue weighted by molar-refractivity contribution is -0.136. The first-order chi connectivity index (χ1) is 14.5. The van der Waals surface area contributed by atoms with Crippen molar-refractivity contribution < 1.29 is 23.5 Å². The van der Waals surface area contributed by atoms with Crippen LogP contribution >= 0.6 is 0 Å². The molecule has 1 aliphatic heterocycles. The molecule has 3 rings (SSSR count). The minimum absolute atomic E-state index is 0.0858. The van der Waals surface area contributed by atoms with Crippen molar-refractivity contribution >= 4 is 29.6 Å². The van der Waals surface area contributed by atoms with Crippen molar-refractivity contribution in [1.29, 1.82) is 0 Å². The summed E-state index contributed by atoms with van der Waals surface area (Å²) >= 11 is 0. The number of carbonyl (C=O) groups is 3. The van der Waals surface area contributed by atoms with E-state index in [1.807, 2.05) is 0 Å². The van der Waals surface area contributed by atoms with Crippen LogP contribution in [-0.4, -0.2) is 48.5 Å². The highest BCUT2D eigenvalue weighted by Crippen LogP contribution is 2.17. The van der Waals surface area contributed by atoms with Crippen molar-refractivity contribution in [3.8, 4) is 5.75 Å². The largest absolute Gasteiger partial charge is 0.483 e. The predicted octanol–water partition coefficient (Wildman–Crippen LogP) is 1.92. The van der Waals surface area contributed by atoms with Crippen LogP contribution < -0.4 is 15.5 Å². The standard InChI is InChI=1S/C21H21FN4O4/c22-16-8-2-3-9-17(16)24-20(28)21(29)25-23-13-15-7-1-4-10-18(15)30-14-19(27)26-11-5-6-12-26/h1-4,7-10,13H,5-6,11-12,14H2,(H,24,28)(H,25,29). The summed E-state index contributed by atoms with van der Waals surface area (Å²) in [7, 11) is 0. The van der Waals surface area contributed by atoms with E-state index in [1.165, 1.54) is 24.4 Å². The molecule has 0 bridgehead atoms. The Morgan fingerprint density at radius 2 is 1.73 bits per heavy atom. The molecule has 1 saturated heterocycles. The van der Waals surface area contributed by atoms with Gasteiger partial charge in [-0.1, -0.05) is 24.3 Å². The molecule has 0 unspecified atom stereocenters. The molecule has 9 heteroatoms. The van der Waals surface area contributed by atoms with E-state index in [9.17, 15) is 18.8 Å². The topological polar surface area (TPSA) is 100 Å². The quantitative estimate of drug-likeness (QED) is 0.430. The number of nitrogens with zero attached hydrogens (tertiary/aromatic N) is 2. The van der Waals surface area contributed by atoms with Gasteiger partial charge in [-0.3, -0.25) is 14.4 Å². The summed E-state index contributed by atoms with van der Waals surface area (Å²) in [6, 6.07) is 12.3. The van der Waals surface area contributed by atoms with Crippen molar-refractivity contribution in [2.75, 3.05) is 25.0 Å². The fourth-order valence-electron chi connectivity index (χ4n) is 2.87. The maximum absolute atomic E-state index is 13.5. The zero-order valence-electron chi connectivity index (χ0n) is 16.1. The summed E-state index contributed by atoms with van der Waals surface area (Å²) in [5, 5.41) is 5.90. The highest BCUT2D eigenvalue weighted by Gasteiger charge is 2.18. The third kappa shape index (κ3) is 5.63. The highest BCUT2D eigenvalue weighted by molar-refractivity contribution is 6.39. The Morgan fingerprint density at radius 3 is 2.50 bits per heavy atom. The molecular formula is C21H21FN4O4. The Hall–Kier alpha value is -3.75. The molecule has 2 aromatic carbocycles. The van der Waals surface area contributed by atoms with Crippen LogP contribution in [0.1, 0.15) is 18.4 Å². The van der Waals surface area contributed by atoms with Gasteiger partial charge in [0.1, 0.15) is 11.6 Å². The second-order valence-electron chi connectivity index (χ2n) is 6.55. The number of halogens is 1. The normalized spacial score (nSPS) is 13.3. The number of hydrogen-bond acceptors (Lipinski definition) is 5. The Labute approximate surface area is 172 Å². The number of rotatable bonds is 6. The Balaban J connectivity index is 1.54. The van der Waals surface area contributed by atoms with Crippen LogP contribution in [0.2, 0.25) is 0 Å². The molecule has 1 fully saturated rings. The molecule has 156 valence electrons. The molecule has 0 atom stereocenters. The number of nitrogens with one attached hydrogen (secondary N) is 2. The highest BCUT2D eigenvalue weighted by atomic mass is 19.1. The first kappa shape index (κ1) is 21.0. The van der Waals surface area contributed by atoms with Crippen LogP contribution in [-0.2, 0) is 14.4 Å². The number of ether oxygens (including phenoxy) is 1. The third-order valence-corrected chi connectivity index (χ3v) is 4.43. The molecule has 0 radical (unpaired) electrons. The fourth-order valence-corrected chi connectivity index (χ4v) is 2.87. The molecule has 0 aromatic heterocycles. The zero-order valence-corrected chi connectivity index (χ0v) is 16.1. The minimum atomic E-state index is -1.06. The molecule has 30 heavy (non-hydrogen) atoms. The molecule has 2 aromatic rings. The first-order valence-corrected chi connectivity index (χ1v) is 9.43. The van der Waals surface area contributed by atoms with E-state index in [1.54, 1.807) is 29.2 Å². The smallest absolute Gasteiger partial charge is 0.329 e. The van der Waals surface area contributed by atoms with Crippen molar-refractivity contribution in [2.24, 2.45) is 5.10 Å². The minimum Gasteiger partial charge on any atom is -0.483 e. The van der Waals surface area contributed by atoms with Crippen molar-refractivity contribution in [3.63, 3.8) is 0 Å². The number of likely N-dealkylation sites (tertiary alicyclic amines) is 1. The summed E-state index contributed by atoms with van der Waals surface area (Å²) in [6.45, 7) is 1.39. The molecule has 3 amide bonds. The number of benzene rings is 2. The summed E-state index contributed by atoms with van der Waals surface area (Å²) < 4.78 is 19.1. The summed E-state index contributed by atoms with van der Waals surface area (Å²) in [6.07, 6.45) is 3.29. The van der Waals surface area contributed by atoms with Gasteiger partial charge in [-0.15, -0.1) is 0 Å². The van der Waals surface area contributed by atoms with E-state index < -0.39 is 17.6 Å². The van der Waals surface area contributed by atoms with Crippen molar-refractivity contribution in [1.82, 2.24) is 10.3 Å². The lowest BCUT2D eigenvalue weighted by atomic mass is 10.2. The second-order valence-corrected chi connectivity index (χ2v) is 6.55. The van der Waals surface area contributed by atoms with E-state index >= 15 is 0 Å². The van der Waals surface area contributed by atoms with E-state index in [0.717, 1.165) is 32.0 Å². The van der Waals surface area contributed by atoms with E-state index in [4.69, 9.17) is 4.74 Å². The molecule has 0 saturated carbocycles. The molecular weight excluding hydrogens is 391 g/mol. The zero-order chi connectivity index (χ0) is 21.3. The summed E-state index contributed by atoms with van der Waals surface area (Å²) in [5.74, 6) is -2.44. The van der Waals surface area contributed by atoms with Gasteiger partial charge in [-0.2, -0.15) is 5.10 Å². The number of hydrogen-bond donors (Lipinski definition) is 2. The van der Waals surface area contributed by atoms with Gasteiger partial charge in [-0.05, 0) is 37.1 Å². The van der Waals surface area contributed by atoms with Gasteiger partial charge in [0.25, 0.3) is 5.91 Å². The van der Waals surface area contributed by atoms with Gasteiger partial charge in [0.15, 0.2) is 6.61 Å². The number of hydrazone groups is 1. The Kier molecular flexibility index (Phi) is 7.09. The predicted molar refractivity (Wildman–Crippen MR) is 109 cm³/mol. The van der Waals surface area contributed by atoms with Crippen LogP contribution in [0.15, 0.2) is 53.6 Å². The monoisotopic (exact) mass is 412 g/mol. The van der Waals surface area contributed by atoms with Gasteiger partial charge >= 0.3 is 11.8 Å². The lowest BCUT2D eigenvalue weighted by Gasteiger charge is -2.16. The second kappa shape index (κ2) is 10.1. The molecule has 1 aliphatic rings. The van der Waals surface area contributed by atoms with Gasteiger partial charge in [0.2, 0.25) is 0 Å². The van der Waals surface area contributed by atoms with Crippen LogP contribution in [0.3, 0.4) is 0 Å². The van der Waals surface area contributed by atoms with Gasteiger partial charge in [-0.25, -0.2) is 9.82 Å². The van der Waals surface area contributed by atoms with Gasteiger partial charge in [0.05, 0.1) is 11.9 Å². The third-order valence-electron chi connectivity index (χ3n) is 4.43. The summed E-state index contributed by atoms with van der Waals surface area (Å²) in [4.78, 5) is 37.6. The van der Waals surface area contributed by atoms with Crippen LogP contribution in [0.25, 0.3) is 0 Å². The molecule has 8 nitrogen and oxygen atoms in total. The van der Waals surface area contributed by atoms with Crippen molar-refractivity contribution in [2.45, 2.75) is 12.8 Å². The summed E-state index contributed by atoms with van der Waals surface area (Å²) in [5.41, 5.74) is 2.48. The van der Waals surface area contributed by atoms with Crippen molar-refractivity contribution in [3.05, 3.63) is 59.9 Å². The average molecular weight is 412 g/mol. The number of carbonyl (C=O) groups excluding carboxylic acids is 3. The van der Waals surface area contributed by atoms with E-state index in [0.29, 0.717) is 11.3 Å². The Bertz CT molecular complexity index is 958.